The molecule has 5 heteroatoms. The van der Waals surface area contributed by atoms with E-state index in [2.05, 4.69) is 15.6 Å². The zero-order valence-electron chi connectivity index (χ0n) is 13.7. The van der Waals surface area contributed by atoms with Gasteiger partial charge < -0.3 is 10.6 Å². The fraction of sp³-hybridized carbons (Fsp3) is 0.316. The summed E-state index contributed by atoms with van der Waals surface area (Å²) in [5.74, 6) is -0.379. The number of amides is 2. The van der Waals surface area contributed by atoms with Gasteiger partial charge >= 0.3 is 0 Å². The Morgan fingerprint density at radius 2 is 1.42 bits per heavy atom. The molecule has 0 aliphatic heterocycles. The molecule has 0 saturated heterocycles. The number of carbonyl (C=O) groups is 2. The molecule has 0 unspecified atom stereocenters. The topological polar surface area (TPSA) is 71.1 Å². The standard InChI is InChI=1S/C19H21N3O2/c1-14-2-4-15(5-3-14)12-21-17(23)19(8-9-19)18(24)22-13-16-6-10-20-11-7-16/h2-7,10-11H,8-9,12-13H2,1H3,(H,21,23)(H,22,24). The van der Waals surface area contributed by atoms with E-state index in [0.29, 0.717) is 25.9 Å². The summed E-state index contributed by atoms with van der Waals surface area (Å²) >= 11 is 0. The largest absolute Gasteiger partial charge is 0.351 e. The molecule has 1 fully saturated rings. The van der Waals surface area contributed by atoms with Crippen LogP contribution in [0.4, 0.5) is 0 Å². The number of pyridine rings is 1. The molecular weight excluding hydrogens is 302 g/mol. The number of hydrogen-bond donors (Lipinski definition) is 2. The first-order valence-electron chi connectivity index (χ1n) is 8.11. The second-order valence-corrected chi connectivity index (χ2v) is 6.29. The zero-order valence-corrected chi connectivity index (χ0v) is 13.7. The highest BCUT2D eigenvalue weighted by atomic mass is 16.2. The average molecular weight is 323 g/mol. The van der Waals surface area contributed by atoms with E-state index in [-0.39, 0.29) is 11.8 Å². The molecule has 5 nitrogen and oxygen atoms in total. The highest BCUT2D eigenvalue weighted by molar-refractivity contribution is 6.07. The van der Waals surface area contributed by atoms with Crippen molar-refractivity contribution in [3.05, 3.63) is 65.5 Å². The number of nitrogens with zero attached hydrogens (tertiary/aromatic N) is 1. The molecule has 0 bridgehead atoms. The van der Waals surface area contributed by atoms with Crippen LogP contribution in [0.5, 0.6) is 0 Å². The Morgan fingerprint density at radius 3 is 1.92 bits per heavy atom. The molecule has 0 radical (unpaired) electrons. The van der Waals surface area contributed by atoms with Gasteiger partial charge in [-0.15, -0.1) is 0 Å². The highest BCUT2D eigenvalue weighted by Gasteiger charge is 2.56. The van der Waals surface area contributed by atoms with Crippen LogP contribution >= 0.6 is 0 Å². The molecule has 2 amide bonds. The van der Waals surface area contributed by atoms with Crippen molar-refractivity contribution in [1.82, 2.24) is 15.6 Å². The van der Waals surface area contributed by atoms with Crippen molar-refractivity contribution in [2.24, 2.45) is 5.41 Å². The third kappa shape index (κ3) is 3.62. The number of benzene rings is 1. The van der Waals surface area contributed by atoms with E-state index in [1.54, 1.807) is 12.4 Å². The van der Waals surface area contributed by atoms with Crippen molar-refractivity contribution in [1.29, 1.82) is 0 Å². The van der Waals surface area contributed by atoms with E-state index in [1.165, 1.54) is 5.56 Å². The molecule has 124 valence electrons. The van der Waals surface area contributed by atoms with Crippen LogP contribution in [-0.4, -0.2) is 16.8 Å². The van der Waals surface area contributed by atoms with E-state index in [9.17, 15) is 9.59 Å². The summed E-state index contributed by atoms with van der Waals surface area (Å²) in [6.45, 7) is 2.88. The molecule has 1 heterocycles. The van der Waals surface area contributed by atoms with Gasteiger partial charge in [-0.05, 0) is 43.0 Å². The average Bonchev–Trinajstić information content (AvgIpc) is 3.42. The normalized spacial score (nSPS) is 14.7. The Bertz CT molecular complexity index is 722. The van der Waals surface area contributed by atoms with Crippen molar-refractivity contribution in [3.8, 4) is 0 Å². The molecule has 24 heavy (non-hydrogen) atoms. The highest BCUT2D eigenvalue weighted by Crippen LogP contribution is 2.46. The Kier molecular flexibility index (Phi) is 4.60. The van der Waals surface area contributed by atoms with Crippen molar-refractivity contribution in [2.45, 2.75) is 32.9 Å². The van der Waals surface area contributed by atoms with E-state index in [4.69, 9.17) is 0 Å². The fourth-order valence-electron chi connectivity index (χ4n) is 2.59. The van der Waals surface area contributed by atoms with Crippen LogP contribution in [0.25, 0.3) is 0 Å². The number of aryl methyl sites for hydroxylation is 1. The van der Waals surface area contributed by atoms with Gasteiger partial charge in [-0.1, -0.05) is 29.8 Å². The van der Waals surface area contributed by atoms with Gasteiger partial charge in [0.15, 0.2) is 0 Å². The van der Waals surface area contributed by atoms with Crippen molar-refractivity contribution in [2.75, 3.05) is 0 Å². The van der Waals surface area contributed by atoms with E-state index in [0.717, 1.165) is 11.1 Å². The smallest absolute Gasteiger partial charge is 0.235 e. The maximum atomic E-state index is 12.4. The van der Waals surface area contributed by atoms with Crippen LogP contribution in [0.2, 0.25) is 0 Å². The van der Waals surface area contributed by atoms with Gasteiger partial charge in [0.05, 0.1) is 0 Å². The summed E-state index contributed by atoms with van der Waals surface area (Å²) < 4.78 is 0. The van der Waals surface area contributed by atoms with Gasteiger partial charge in [-0.25, -0.2) is 0 Å². The molecule has 1 aromatic carbocycles. The van der Waals surface area contributed by atoms with Gasteiger partial charge in [-0.2, -0.15) is 0 Å². The fourth-order valence-corrected chi connectivity index (χ4v) is 2.59. The second-order valence-electron chi connectivity index (χ2n) is 6.29. The first kappa shape index (κ1) is 16.2. The van der Waals surface area contributed by atoms with Crippen molar-refractivity contribution >= 4 is 11.8 Å². The lowest BCUT2D eigenvalue weighted by Gasteiger charge is -2.15. The Balaban J connectivity index is 1.53. The van der Waals surface area contributed by atoms with Crippen molar-refractivity contribution in [3.63, 3.8) is 0 Å². The molecule has 2 N–H and O–H groups in total. The third-order valence-corrected chi connectivity index (χ3v) is 4.40. The van der Waals surface area contributed by atoms with Crippen LogP contribution < -0.4 is 10.6 Å². The lowest BCUT2D eigenvalue weighted by atomic mass is 10.0. The number of nitrogens with one attached hydrogen (secondary N) is 2. The van der Waals surface area contributed by atoms with Crippen LogP contribution in [0.3, 0.4) is 0 Å². The molecule has 1 aromatic heterocycles. The minimum atomic E-state index is -0.891. The summed E-state index contributed by atoms with van der Waals surface area (Å²) in [5, 5.41) is 5.75. The molecule has 1 aliphatic rings. The quantitative estimate of drug-likeness (QED) is 0.800. The van der Waals surface area contributed by atoms with Gasteiger partial charge in [0.25, 0.3) is 0 Å². The Hall–Kier alpha value is -2.69. The van der Waals surface area contributed by atoms with E-state index in [1.807, 2.05) is 43.3 Å². The Morgan fingerprint density at radius 1 is 0.917 bits per heavy atom. The third-order valence-electron chi connectivity index (χ3n) is 4.40. The first-order chi connectivity index (χ1) is 11.6. The van der Waals surface area contributed by atoms with Gasteiger partial charge in [-0.3, -0.25) is 14.6 Å². The van der Waals surface area contributed by atoms with Gasteiger partial charge in [0.2, 0.25) is 11.8 Å². The number of aromatic nitrogens is 1. The summed E-state index contributed by atoms with van der Waals surface area (Å²) in [6.07, 6.45) is 4.58. The lowest BCUT2D eigenvalue weighted by Crippen LogP contribution is -2.42. The van der Waals surface area contributed by atoms with Gasteiger partial charge in [0.1, 0.15) is 5.41 Å². The van der Waals surface area contributed by atoms with Gasteiger partial charge in [0, 0.05) is 25.5 Å². The minimum Gasteiger partial charge on any atom is -0.351 e. The van der Waals surface area contributed by atoms with Crippen LogP contribution in [0, 0.1) is 12.3 Å². The Labute approximate surface area is 141 Å². The number of carbonyl (C=O) groups excluding carboxylic acids is 2. The van der Waals surface area contributed by atoms with E-state index < -0.39 is 5.41 Å². The summed E-state index contributed by atoms with van der Waals surface area (Å²) in [6, 6.07) is 11.7. The van der Waals surface area contributed by atoms with Crippen LogP contribution in [0.15, 0.2) is 48.8 Å². The SMILES string of the molecule is Cc1ccc(CNC(=O)C2(C(=O)NCc3ccncc3)CC2)cc1. The molecule has 1 saturated carbocycles. The van der Waals surface area contributed by atoms with Crippen LogP contribution in [0.1, 0.15) is 29.5 Å². The number of rotatable bonds is 6. The number of hydrogen-bond acceptors (Lipinski definition) is 3. The summed E-state index contributed by atoms with van der Waals surface area (Å²) in [7, 11) is 0. The first-order valence-corrected chi connectivity index (χ1v) is 8.11. The van der Waals surface area contributed by atoms with E-state index >= 15 is 0 Å². The predicted molar refractivity (Wildman–Crippen MR) is 90.8 cm³/mol. The molecule has 0 atom stereocenters. The molecule has 3 rings (SSSR count). The minimum absolute atomic E-state index is 0.185. The molecule has 1 aliphatic carbocycles. The summed E-state index contributed by atoms with van der Waals surface area (Å²) in [4.78, 5) is 28.8. The molecule has 2 aromatic rings. The zero-order chi connectivity index (χ0) is 17.0. The van der Waals surface area contributed by atoms with Crippen molar-refractivity contribution < 1.29 is 9.59 Å². The maximum absolute atomic E-state index is 12.4. The lowest BCUT2D eigenvalue weighted by molar-refractivity contribution is -0.137. The summed E-state index contributed by atoms with van der Waals surface area (Å²) in [5.41, 5.74) is 2.29. The molecule has 0 spiro atoms. The predicted octanol–water partition coefficient (Wildman–Crippen LogP) is 2.10. The monoisotopic (exact) mass is 323 g/mol. The molecular formula is C19H21N3O2. The second kappa shape index (κ2) is 6.83. The maximum Gasteiger partial charge on any atom is 0.235 e. The van der Waals surface area contributed by atoms with Crippen LogP contribution in [-0.2, 0) is 22.7 Å².